The van der Waals surface area contributed by atoms with E-state index in [-0.39, 0.29) is 0 Å². The van der Waals surface area contributed by atoms with Crippen LogP contribution in [0, 0.1) is 0 Å². The van der Waals surface area contributed by atoms with Crippen LogP contribution in [0.2, 0.25) is 0 Å². The summed E-state index contributed by atoms with van der Waals surface area (Å²) in [6.07, 6.45) is 2.84. The van der Waals surface area contributed by atoms with E-state index < -0.39 is 17.8 Å². The number of rotatable bonds is 0. The van der Waals surface area contributed by atoms with E-state index >= 15 is 0 Å². The lowest BCUT2D eigenvalue weighted by Crippen LogP contribution is -2.35. The Morgan fingerprint density at radius 2 is 2.27 bits per heavy atom. The minimum absolute atomic E-state index is 0.469. The predicted molar refractivity (Wildman–Crippen MR) is 38.4 cm³/mol. The molecule has 0 fully saturated rings. The predicted octanol–water partition coefficient (Wildman–Crippen LogP) is 0.137. The van der Waals surface area contributed by atoms with Crippen molar-refractivity contribution in [2.45, 2.75) is 25.7 Å². The molecule has 1 aliphatic heterocycles. The molecule has 0 saturated carbocycles. The number of esters is 1. The molecule has 1 aliphatic rings. The average molecular weight is 157 g/mol. The molecule has 4 heteroatoms. The smallest absolute Gasteiger partial charge is 0.330 e. The van der Waals surface area contributed by atoms with Gasteiger partial charge in [-0.05, 0) is 6.08 Å². The summed E-state index contributed by atoms with van der Waals surface area (Å²) in [6, 6.07) is -0.711. The van der Waals surface area contributed by atoms with E-state index in [1.165, 1.54) is 12.3 Å². The van der Waals surface area contributed by atoms with E-state index in [9.17, 15) is 4.79 Å². The van der Waals surface area contributed by atoms with Gasteiger partial charge in [-0.3, -0.25) is 0 Å². The molecular weight excluding hydrogens is 146 g/mol. The molecule has 0 radical (unpaired) electrons. The molecule has 0 aromatic heterocycles. The SMILES string of the molecule is CC1(C)OC=CC(N)C(=O)O1. The minimum atomic E-state index is -0.901. The minimum Gasteiger partial charge on any atom is -0.461 e. The molecule has 0 aromatic rings. The van der Waals surface area contributed by atoms with Crippen LogP contribution in [0.4, 0.5) is 0 Å². The van der Waals surface area contributed by atoms with Crippen molar-refractivity contribution in [2.75, 3.05) is 0 Å². The van der Waals surface area contributed by atoms with Crippen LogP contribution in [-0.2, 0) is 14.3 Å². The van der Waals surface area contributed by atoms with Gasteiger partial charge in [0, 0.05) is 13.8 Å². The van der Waals surface area contributed by atoms with E-state index in [2.05, 4.69) is 0 Å². The standard InChI is InChI=1S/C7H11NO3/c1-7(2)10-4-3-5(8)6(9)11-7/h3-5H,8H2,1-2H3. The number of hydrogen-bond donors (Lipinski definition) is 1. The number of cyclic esters (lactones) is 1. The van der Waals surface area contributed by atoms with E-state index in [1.807, 2.05) is 0 Å². The molecule has 1 rings (SSSR count). The van der Waals surface area contributed by atoms with E-state index in [4.69, 9.17) is 15.2 Å². The molecule has 2 N–H and O–H groups in total. The summed E-state index contributed by atoms with van der Waals surface area (Å²) in [5.74, 6) is -1.37. The van der Waals surface area contributed by atoms with Gasteiger partial charge in [0.2, 0.25) is 5.79 Å². The number of hydrogen-bond acceptors (Lipinski definition) is 4. The van der Waals surface area contributed by atoms with Gasteiger partial charge in [0.05, 0.1) is 6.26 Å². The largest absolute Gasteiger partial charge is 0.461 e. The summed E-state index contributed by atoms with van der Waals surface area (Å²) >= 11 is 0. The van der Waals surface area contributed by atoms with Crippen molar-refractivity contribution in [3.05, 3.63) is 12.3 Å². The zero-order valence-electron chi connectivity index (χ0n) is 6.53. The van der Waals surface area contributed by atoms with Gasteiger partial charge in [-0.1, -0.05) is 0 Å². The highest BCUT2D eigenvalue weighted by molar-refractivity contribution is 5.78. The number of nitrogens with two attached hydrogens (primary N) is 1. The molecule has 1 atom stereocenters. The molecule has 62 valence electrons. The Morgan fingerprint density at radius 1 is 1.64 bits per heavy atom. The third-order valence-electron chi connectivity index (χ3n) is 1.26. The third-order valence-corrected chi connectivity index (χ3v) is 1.26. The highest BCUT2D eigenvalue weighted by Gasteiger charge is 2.28. The van der Waals surface area contributed by atoms with Gasteiger partial charge >= 0.3 is 5.97 Å². The van der Waals surface area contributed by atoms with Gasteiger partial charge in [-0.2, -0.15) is 0 Å². The summed E-state index contributed by atoms with van der Waals surface area (Å²) < 4.78 is 9.89. The lowest BCUT2D eigenvalue weighted by Gasteiger charge is -2.22. The molecule has 0 saturated heterocycles. The van der Waals surface area contributed by atoms with Crippen molar-refractivity contribution in [3.8, 4) is 0 Å². The Kier molecular flexibility index (Phi) is 1.87. The number of ether oxygens (including phenoxy) is 2. The Morgan fingerprint density at radius 3 is 2.91 bits per heavy atom. The van der Waals surface area contributed by atoms with Crippen molar-refractivity contribution in [1.82, 2.24) is 0 Å². The first-order valence-corrected chi connectivity index (χ1v) is 3.34. The van der Waals surface area contributed by atoms with Crippen LogP contribution in [-0.4, -0.2) is 17.8 Å². The van der Waals surface area contributed by atoms with Gasteiger partial charge in [0.1, 0.15) is 6.04 Å². The van der Waals surface area contributed by atoms with Crippen molar-refractivity contribution in [1.29, 1.82) is 0 Å². The second kappa shape index (κ2) is 2.54. The molecule has 0 aliphatic carbocycles. The van der Waals surface area contributed by atoms with Gasteiger partial charge < -0.3 is 15.2 Å². The van der Waals surface area contributed by atoms with Crippen LogP contribution in [0.3, 0.4) is 0 Å². The Balaban J connectivity index is 2.74. The number of carbonyl (C=O) groups excluding carboxylic acids is 1. The second-order valence-electron chi connectivity index (χ2n) is 2.79. The molecule has 1 unspecified atom stereocenters. The molecule has 0 bridgehead atoms. The van der Waals surface area contributed by atoms with E-state index in [0.717, 1.165) is 0 Å². The summed E-state index contributed by atoms with van der Waals surface area (Å²) in [4.78, 5) is 11.0. The molecule has 0 aromatic carbocycles. The molecule has 0 amide bonds. The average Bonchev–Trinajstić information content (AvgIpc) is 1.93. The number of carbonyl (C=O) groups is 1. The van der Waals surface area contributed by atoms with Crippen molar-refractivity contribution in [3.63, 3.8) is 0 Å². The van der Waals surface area contributed by atoms with Gasteiger partial charge in [-0.25, -0.2) is 4.79 Å². The normalized spacial score (nSPS) is 28.6. The van der Waals surface area contributed by atoms with Crippen molar-refractivity contribution < 1.29 is 14.3 Å². The van der Waals surface area contributed by atoms with E-state index in [0.29, 0.717) is 0 Å². The maximum Gasteiger partial charge on any atom is 0.330 e. The van der Waals surface area contributed by atoms with Crippen molar-refractivity contribution >= 4 is 5.97 Å². The fourth-order valence-corrected chi connectivity index (χ4v) is 0.701. The van der Waals surface area contributed by atoms with Crippen LogP contribution in [0.1, 0.15) is 13.8 Å². The Bertz CT molecular complexity index is 198. The molecule has 0 spiro atoms. The van der Waals surface area contributed by atoms with Crippen LogP contribution in [0.25, 0.3) is 0 Å². The topological polar surface area (TPSA) is 61.5 Å². The maximum absolute atomic E-state index is 11.0. The zero-order valence-corrected chi connectivity index (χ0v) is 6.53. The summed E-state index contributed by atoms with van der Waals surface area (Å²) in [6.45, 7) is 3.29. The van der Waals surface area contributed by atoms with Crippen molar-refractivity contribution in [2.24, 2.45) is 5.73 Å². The van der Waals surface area contributed by atoms with E-state index in [1.54, 1.807) is 13.8 Å². The fourth-order valence-electron chi connectivity index (χ4n) is 0.701. The van der Waals surface area contributed by atoms with Gasteiger partial charge in [0.15, 0.2) is 0 Å². The Labute approximate surface area is 65.0 Å². The van der Waals surface area contributed by atoms with Crippen LogP contribution >= 0.6 is 0 Å². The fraction of sp³-hybridized carbons (Fsp3) is 0.571. The van der Waals surface area contributed by atoms with Crippen LogP contribution < -0.4 is 5.73 Å². The zero-order chi connectivity index (χ0) is 8.48. The summed E-state index contributed by atoms with van der Waals surface area (Å²) in [5, 5.41) is 0. The second-order valence-corrected chi connectivity index (χ2v) is 2.79. The first-order valence-electron chi connectivity index (χ1n) is 3.34. The maximum atomic E-state index is 11.0. The first kappa shape index (κ1) is 8.07. The quantitative estimate of drug-likeness (QED) is 0.508. The Hall–Kier alpha value is -1.03. The molecule has 11 heavy (non-hydrogen) atoms. The van der Waals surface area contributed by atoms with Gasteiger partial charge in [0.25, 0.3) is 0 Å². The first-order chi connectivity index (χ1) is 5.01. The highest BCUT2D eigenvalue weighted by Crippen LogP contribution is 2.15. The van der Waals surface area contributed by atoms with Gasteiger partial charge in [-0.15, -0.1) is 0 Å². The lowest BCUT2D eigenvalue weighted by molar-refractivity contribution is -0.194. The molecular formula is C7H11NO3. The van der Waals surface area contributed by atoms with Crippen LogP contribution in [0.15, 0.2) is 12.3 Å². The third kappa shape index (κ3) is 1.94. The monoisotopic (exact) mass is 157 g/mol. The summed E-state index contributed by atoms with van der Waals surface area (Å²) in [7, 11) is 0. The van der Waals surface area contributed by atoms with Crippen LogP contribution in [0.5, 0.6) is 0 Å². The molecule has 4 nitrogen and oxygen atoms in total. The lowest BCUT2D eigenvalue weighted by atomic mass is 10.3. The highest BCUT2D eigenvalue weighted by atomic mass is 16.7. The molecule has 1 heterocycles. The summed E-state index contributed by atoms with van der Waals surface area (Å²) in [5.41, 5.74) is 5.36.